The third-order valence-electron chi connectivity index (χ3n) is 6.02. The Bertz CT molecular complexity index is 1220. The molecule has 1 aliphatic rings. The van der Waals surface area contributed by atoms with Gasteiger partial charge in [-0.15, -0.1) is 0 Å². The summed E-state index contributed by atoms with van der Waals surface area (Å²) in [6.07, 6.45) is 3.79. The third-order valence-corrected chi connectivity index (χ3v) is 6.02. The second-order valence-electron chi connectivity index (χ2n) is 8.70. The van der Waals surface area contributed by atoms with Crippen LogP contribution in [0.3, 0.4) is 0 Å². The normalized spacial score (nSPS) is 13.4. The molecule has 7 nitrogen and oxygen atoms in total. The van der Waals surface area contributed by atoms with Gasteiger partial charge in [0, 0.05) is 25.6 Å². The Kier molecular flexibility index (Phi) is 6.87. The maximum Gasteiger partial charge on any atom is 0.338 e. The largest absolute Gasteiger partial charge is 0.452 e. The van der Waals surface area contributed by atoms with Crippen LogP contribution in [0.2, 0.25) is 0 Å². The summed E-state index contributed by atoms with van der Waals surface area (Å²) in [5.74, 6) is -0.102. The fraction of sp³-hybridized carbons (Fsp3) is 0.385. The van der Waals surface area contributed by atoms with E-state index >= 15 is 0 Å². The predicted octanol–water partition coefficient (Wildman–Crippen LogP) is 3.72. The lowest BCUT2D eigenvalue weighted by molar-refractivity contribution is -0.136. The summed E-state index contributed by atoms with van der Waals surface area (Å²) in [6.45, 7) is 4.64. The first-order chi connectivity index (χ1) is 15.9. The highest BCUT2D eigenvalue weighted by Crippen LogP contribution is 2.17. The second-order valence-corrected chi connectivity index (χ2v) is 8.70. The zero-order valence-electron chi connectivity index (χ0n) is 19.1. The van der Waals surface area contributed by atoms with Crippen LogP contribution in [0.25, 0.3) is 10.9 Å². The van der Waals surface area contributed by atoms with Crippen molar-refractivity contribution in [3.63, 3.8) is 0 Å². The number of carbonyl (C=O) groups is 2. The van der Waals surface area contributed by atoms with E-state index < -0.39 is 5.97 Å². The molecule has 0 unspecified atom stereocenters. The first-order valence-electron chi connectivity index (χ1n) is 11.5. The molecule has 0 bridgehead atoms. The summed E-state index contributed by atoms with van der Waals surface area (Å²) in [7, 11) is 0. The molecule has 1 aliphatic heterocycles. The number of aromatic nitrogens is 2. The quantitative estimate of drug-likeness (QED) is 0.538. The molecule has 172 valence electrons. The van der Waals surface area contributed by atoms with E-state index in [1.165, 1.54) is 0 Å². The summed E-state index contributed by atoms with van der Waals surface area (Å²) < 4.78 is 7.08. The Morgan fingerprint density at radius 2 is 1.88 bits per heavy atom. The van der Waals surface area contributed by atoms with E-state index in [1.54, 1.807) is 27.7 Å². The lowest BCUT2D eigenvalue weighted by Gasteiger charge is -2.26. The van der Waals surface area contributed by atoms with Crippen molar-refractivity contribution in [3.05, 3.63) is 75.8 Å². The average molecular weight is 448 g/mol. The summed E-state index contributed by atoms with van der Waals surface area (Å²) in [5, 5.41) is 0.488. The highest BCUT2D eigenvalue weighted by Gasteiger charge is 2.20. The van der Waals surface area contributed by atoms with Crippen molar-refractivity contribution < 1.29 is 14.3 Å². The first kappa shape index (κ1) is 22.7. The molecule has 2 aromatic carbocycles. The topological polar surface area (TPSA) is 81.5 Å². The number of ether oxygens (including phenoxy) is 1. The van der Waals surface area contributed by atoms with Crippen molar-refractivity contribution in [2.45, 2.75) is 58.7 Å². The number of fused-ring (bicyclic) bond motifs is 2. The standard InChI is InChI=1S/C26H29N3O4/c1-18(2)29(16-19-9-5-3-6-10-19)24(30)17-33-26(32)20-12-13-21-22(15-20)27-23-11-7-4-8-14-28(23)25(21)31/h3,5-6,9-10,12-13,15,18H,4,7-8,11,14,16-17H2,1-2H3. The summed E-state index contributed by atoms with van der Waals surface area (Å²) in [4.78, 5) is 44.6. The molecule has 3 aromatic rings. The lowest BCUT2D eigenvalue weighted by Crippen LogP contribution is -2.39. The van der Waals surface area contributed by atoms with Crippen LogP contribution in [-0.4, -0.2) is 39.0 Å². The van der Waals surface area contributed by atoms with Gasteiger partial charge >= 0.3 is 5.97 Å². The summed E-state index contributed by atoms with van der Waals surface area (Å²) >= 11 is 0. The van der Waals surface area contributed by atoms with Gasteiger partial charge in [0.15, 0.2) is 6.61 Å². The Balaban J connectivity index is 1.48. The monoisotopic (exact) mass is 447 g/mol. The molecule has 1 amide bonds. The van der Waals surface area contributed by atoms with Crippen LogP contribution in [0.1, 0.15) is 54.9 Å². The van der Waals surface area contributed by atoms with Crippen molar-refractivity contribution in [1.29, 1.82) is 0 Å². The number of benzene rings is 2. The van der Waals surface area contributed by atoms with Crippen molar-refractivity contribution in [3.8, 4) is 0 Å². The van der Waals surface area contributed by atoms with Crippen LogP contribution in [-0.2, 0) is 29.0 Å². The van der Waals surface area contributed by atoms with E-state index in [9.17, 15) is 14.4 Å². The zero-order valence-corrected chi connectivity index (χ0v) is 19.1. The molecule has 0 spiro atoms. The second kappa shape index (κ2) is 9.98. The molecule has 2 heterocycles. The van der Waals surface area contributed by atoms with Crippen LogP contribution in [0.5, 0.6) is 0 Å². The molecule has 0 aliphatic carbocycles. The fourth-order valence-corrected chi connectivity index (χ4v) is 4.18. The van der Waals surface area contributed by atoms with Crippen molar-refractivity contribution in [2.24, 2.45) is 0 Å². The Morgan fingerprint density at radius 3 is 2.64 bits per heavy atom. The van der Waals surface area contributed by atoms with Crippen LogP contribution in [0.15, 0.2) is 53.3 Å². The number of carbonyl (C=O) groups excluding carboxylic acids is 2. The Hall–Kier alpha value is -3.48. The van der Waals surface area contributed by atoms with Gasteiger partial charge in [-0.25, -0.2) is 9.78 Å². The van der Waals surface area contributed by atoms with Gasteiger partial charge in [-0.2, -0.15) is 0 Å². The van der Waals surface area contributed by atoms with E-state index in [4.69, 9.17) is 4.74 Å². The number of aryl methyl sites for hydroxylation is 1. The highest BCUT2D eigenvalue weighted by molar-refractivity contribution is 5.95. The Labute approximate surface area is 193 Å². The smallest absolute Gasteiger partial charge is 0.338 e. The maximum absolute atomic E-state index is 12.9. The van der Waals surface area contributed by atoms with Gasteiger partial charge in [0.2, 0.25) is 0 Å². The summed E-state index contributed by atoms with van der Waals surface area (Å²) in [6, 6.07) is 14.4. The third kappa shape index (κ3) is 5.13. The molecule has 33 heavy (non-hydrogen) atoms. The van der Waals surface area contributed by atoms with Gasteiger partial charge in [0.1, 0.15) is 5.82 Å². The average Bonchev–Trinajstić information content (AvgIpc) is 3.06. The molecule has 1 aromatic heterocycles. The highest BCUT2D eigenvalue weighted by atomic mass is 16.5. The van der Waals surface area contributed by atoms with Crippen molar-refractivity contribution in [1.82, 2.24) is 14.5 Å². The molecule has 0 saturated carbocycles. The number of hydrogen-bond acceptors (Lipinski definition) is 5. The van der Waals surface area contributed by atoms with E-state index in [1.807, 2.05) is 44.2 Å². The van der Waals surface area contributed by atoms with Gasteiger partial charge in [-0.05, 0) is 50.5 Å². The minimum Gasteiger partial charge on any atom is -0.452 e. The van der Waals surface area contributed by atoms with Crippen LogP contribution in [0.4, 0.5) is 0 Å². The van der Waals surface area contributed by atoms with Crippen LogP contribution < -0.4 is 5.56 Å². The van der Waals surface area contributed by atoms with Gasteiger partial charge in [-0.1, -0.05) is 36.8 Å². The van der Waals surface area contributed by atoms with Gasteiger partial charge in [0.05, 0.1) is 16.5 Å². The Morgan fingerprint density at radius 1 is 1.09 bits per heavy atom. The number of hydrogen-bond donors (Lipinski definition) is 0. The molecular formula is C26H29N3O4. The SMILES string of the molecule is CC(C)N(Cc1ccccc1)C(=O)COC(=O)c1ccc2c(=O)n3c(nc2c1)CCCCC3. The molecule has 4 rings (SSSR count). The van der Waals surface area contributed by atoms with Gasteiger partial charge in [0.25, 0.3) is 11.5 Å². The van der Waals surface area contributed by atoms with E-state index in [-0.39, 0.29) is 29.7 Å². The molecule has 0 atom stereocenters. The number of rotatable bonds is 6. The van der Waals surface area contributed by atoms with Crippen LogP contribution in [0, 0.1) is 0 Å². The van der Waals surface area contributed by atoms with Crippen molar-refractivity contribution in [2.75, 3.05) is 6.61 Å². The molecule has 0 fully saturated rings. The molecular weight excluding hydrogens is 418 g/mol. The number of esters is 1. The first-order valence-corrected chi connectivity index (χ1v) is 11.5. The van der Waals surface area contributed by atoms with E-state index in [0.717, 1.165) is 37.1 Å². The minimum absolute atomic E-state index is 0.0375. The van der Waals surface area contributed by atoms with E-state index in [0.29, 0.717) is 24.0 Å². The predicted molar refractivity (Wildman–Crippen MR) is 126 cm³/mol. The fourth-order valence-electron chi connectivity index (χ4n) is 4.18. The minimum atomic E-state index is -0.606. The van der Waals surface area contributed by atoms with E-state index in [2.05, 4.69) is 4.98 Å². The van der Waals surface area contributed by atoms with Crippen molar-refractivity contribution >= 4 is 22.8 Å². The molecule has 7 heteroatoms. The molecule has 0 radical (unpaired) electrons. The van der Waals surface area contributed by atoms with Gasteiger partial charge < -0.3 is 9.64 Å². The maximum atomic E-state index is 12.9. The van der Waals surface area contributed by atoms with Crippen LogP contribution >= 0.6 is 0 Å². The summed E-state index contributed by atoms with van der Waals surface area (Å²) in [5.41, 5.74) is 1.71. The lowest BCUT2D eigenvalue weighted by atomic mass is 10.1. The number of amides is 1. The number of nitrogens with zero attached hydrogens (tertiary/aromatic N) is 3. The molecule has 0 saturated heterocycles. The zero-order chi connectivity index (χ0) is 23.4. The molecule has 0 N–H and O–H groups in total. The van der Waals surface area contributed by atoms with Gasteiger partial charge in [-0.3, -0.25) is 14.2 Å².